The van der Waals surface area contributed by atoms with E-state index in [2.05, 4.69) is 4.72 Å². The summed E-state index contributed by atoms with van der Waals surface area (Å²) in [5, 5.41) is 0.163. The first-order valence-electron chi connectivity index (χ1n) is 9.01. The number of halogens is 1. The summed E-state index contributed by atoms with van der Waals surface area (Å²) in [7, 11) is -3.56. The van der Waals surface area contributed by atoms with Crippen LogP contribution in [-0.4, -0.2) is 86.5 Å². The lowest BCUT2D eigenvalue weighted by molar-refractivity contribution is -0.141. The minimum absolute atomic E-state index is 0.0139. The molecule has 3 aliphatic heterocycles. The normalized spacial score (nSPS) is 26.6. The standard InChI is InChI=1S/C16H24ClN3O5S2/c17-14-2-1-12(26-14)4-10-27(23,24)18-13-3-5-20(16(13)22)11-15(21)19-6-8-25-9-7-19/h2,12-13,18H,1,3-11H2/t12?,13-/m0/s1. The topological polar surface area (TPSA) is 96.0 Å². The summed E-state index contributed by atoms with van der Waals surface area (Å²) in [5.74, 6) is -0.503. The van der Waals surface area contributed by atoms with Gasteiger partial charge in [-0.1, -0.05) is 17.7 Å². The lowest BCUT2D eigenvalue weighted by atomic mass is 10.2. The van der Waals surface area contributed by atoms with Gasteiger partial charge in [0.2, 0.25) is 21.8 Å². The molecular formula is C16H24ClN3O5S2. The van der Waals surface area contributed by atoms with Crippen molar-refractivity contribution < 1.29 is 22.7 Å². The summed E-state index contributed by atoms with van der Waals surface area (Å²) in [6.07, 6.45) is 3.51. The molecule has 0 radical (unpaired) electrons. The van der Waals surface area contributed by atoms with E-state index < -0.39 is 16.1 Å². The number of nitrogens with zero attached hydrogens (tertiary/aromatic N) is 2. The van der Waals surface area contributed by atoms with E-state index in [9.17, 15) is 18.0 Å². The van der Waals surface area contributed by atoms with Crippen molar-refractivity contribution in [3.63, 3.8) is 0 Å². The van der Waals surface area contributed by atoms with E-state index in [4.69, 9.17) is 16.3 Å². The monoisotopic (exact) mass is 437 g/mol. The highest BCUT2D eigenvalue weighted by Crippen LogP contribution is 2.36. The molecule has 3 rings (SSSR count). The molecule has 1 unspecified atom stereocenters. The van der Waals surface area contributed by atoms with Gasteiger partial charge in [-0.2, -0.15) is 0 Å². The van der Waals surface area contributed by atoms with Crippen LogP contribution in [0.3, 0.4) is 0 Å². The van der Waals surface area contributed by atoms with Crippen LogP contribution in [0.1, 0.15) is 19.3 Å². The fourth-order valence-corrected chi connectivity index (χ4v) is 6.22. The second kappa shape index (κ2) is 9.13. The van der Waals surface area contributed by atoms with E-state index in [1.165, 1.54) is 16.7 Å². The Morgan fingerprint density at radius 3 is 2.74 bits per heavy atom. The van der Waals surface area contributed by atoms with Gasteiger partial charge in [-0.05, 0) is 19.3 Å². The Morgan fingerprint density at radius 1 is 1.33 bits per heavy atom. The third-order valence-electron chi connectivity index (χ3n) is 4.84. The molecular weight excluding hydrogens is 414 g/mol. The first kappa shape index (κ1) is 20.9. The maximum Gasteiger partial charge on any atom is 0.242 e. The summed E-state index contributed by atoms with van der Waals surface area (Å²) in [5.41, 5.74) is 0. The Morgan fingerprint density at radius 2 is 2.07 bits per heavy atom. The number of thioether (sulfide) groups is 1. The minimum atomic E-state index is -3.56. The highest BCUT2D eigenvalue weighted by atomic mass is 35.5. The van der Waals surface area contributed by atoms with Crippen LogP contribution in [0.15, 0.2) is 10.4 Å². The second-order valence-electron chi connectivity index (χ2n) is 6.80. The summed E-state index contributed by atoms with van der Waals surface area (Å²) in [6, 6.07) is -0.787. The molecule has 0 bridgehead atoms. The molecule has 152 valence electrons. The molecule has 11 heteroatoms. The Labute approximate surface area is 168 Å². The van der Waals surface area contributed by atoms with Crippen LogP contribution in [0, 0.1) is 0 Å². The van der Waals surface area contributed by atoms with Crippen LogP contribution >= 0.6 is 23.4 Å². The van der Waals surface area contributed by atoms with Gasteiger partial charge < -0.3 is 14.5 Å². The van der Waals surface area contributed by atoms with E-state index in [0.29, 0.717) is 50.1 Å². The molecule has 0 saturated carbocycles. The smallest absolute Gasteiger partial charge is 0.242 e. The van der Waals surface area contributed by atoms with Crippen LogP contribution in [0.4, 0.5) is 0 Å². The fourth-order valence-electron chi connectivity index (χ4n) is 3.30. The zero-order valence-electron chi connectivity index (χ0n) is 14.9. The van der Waals surface area contributed by atoms with Gasteiger partial charge in [0.05, 0.1) is 29.9 Å². The molecule has 0 aromatic heterocycles. The molecule has 2 fully saturated rings. The van der Waals surface area contributed by atoms with Crippen LogP contribution in [0.5, 0.6) is 0 Å². The highest BCUT2D eigenvalue weighted by molar-refractivity contribution is 8.05. The van der Waals surface area contributed by atoms with Crippen molar-refractivity contribution in [2.75, 3.05) is 45.1 Å². The SMILES string of the molecule is O=C(CN1CC[C@H](NS(=O)(=O)CCC2CC=C(Cl)S2)C1=O)N1CCOCC1. The lowest BCUT2D eigenvalue weighted by Gasteiger charge is -2.28. The second-order valence-corrected chi connectivity index (χ2v) is 10.7. The molecule has 3 heterocycles. The number of carbonyl (C=O) groups excluding carboxylic acids is 2. The van der Waals surface area contributed by atoms with Crippen molar-refractivity contribution in [3.05, 3.63) is 10.4 Å². The maximum atomic E-state index is 12.5. The molecule has 1 N–H and O–H groups in total. The average molecular weight is 438 g/mol. The molecule has 0 aliphatic carbocycles. The minimum Gasteiger partial charge on any atom is -0.378 e. The number of nitrogens with one attached hydrogen (secondary N) is 1. The molecule has 0 aromatic rings. The van der Waals surface area contributed by atoms with Crippen molar-refractivity contribution in [1.29, 1.82) is 0 Å². The number of rotatable bonds is 7. The molecule has 2 amide bonds. The van der Waals surface area contributed by atoms with Crippen molar-refractivity contribution in [2.45, 2.75) is 30.6 Å². The zero-order valence-corrected chi connectivity index (χ0v) is 17.3. The number of carbonyl (C=O) groups is 2. The number of hydrogen-bond acceptors (Lipinski definition) is 6. The Balaban J connectivity index is 1.45. The summed E-state index contributed by atoms with van der Waals surface area (Å²) in [4.78, 5) is 27.9. The predicted octanol–water partition coefficient (Wildman–Crippen LogP) is 0.341. The Hall–Kier alpha value is -0.810. The van der Waals surface area contributed by atoms with Crippen LogP contribution < -0.4 is 4.72 Å². The number of hydrogen-bond donors (Lipinski definition) is 1. The molecule has 3 aliphatic rings. The van der Waals surface area contributed by atoms with E-state index in [0.717, 1.165) is 6.42 Å². The molecule has 2 saturated heterocycles. The number of amides is 2. The Bertz CT molecular complexity index is 709. The highest BCUT2D eigenvalue weighted by Gasteiger charge is 2.36. The number of likely N-dealkylation sites (tertiary alicyclic amines) is 1. The summed E-state index contributed by atoms with van der Waals surface area (Å²) >= 11 is 7.38. The van der Waals surface area contributed by atoms with Gasteiger partial charge in [-0.3, -0.25) is 9.59 Å². The molecule has 27 heavy (non-hydrogen) atoms. The third kappa shape index (κ3) is 5.83. The third-order valence-corrected chi connectivity index (χ3v) is 7.83. The first-order chi connectivity index (χ1) is 12.8. The van der Waals surface area contributed by atoms with Crippen LogP contribution in [0.25, 0.3) is 0 Å². The van der Waals surface area contributed by atoms with Crippen LogP contribution in [-0.2, 0) is 24.3 Å². The van der Waals surface area contributed by atoms with Gasteiger partial charge in [-0.25, -0.2) is 13.1 Å². The van der Waals surface area contributed by atoms with Crippen molar-refractivity contribution >= 4 is 45.2 Å². The van der Waals surface area contributed by atoms with Gasteiger partial charge >= 0.3 is 0 Å². The molecule has 2 atom stereocenters. The van der Waals surface area contributed by atoms with Gasteiger partial charge in [0, 0.05) is 24.9 Å². The Kier molecular flexibility index (Phi) is 7.07. The molecule has 0 aromatic carbocycles. The molecule has 0 spiro atoms. The quantitative estimate of drug-likeness (QED) is 0.617. The van der Waals surface area contributed by atoms with E-state index in [1.54, 1.807) is 4.90 Å². The van der Waals surface area contributed by atoms with Crippen LogP contribution in [0.2, 0.25) is 0 Å². The van der Waals surface area contributed by atoms with Gasteiger partial charge in [0.15, 0.2) is 0 Å². The lowest BCUT2D eigenvalue weighted by Crippen LogP contribution is -2.48. The van der Waals surface area contributed by atoms with Gasteiger partial charge in [0.1, 0.15) is 6.04 Å². The largest absolute Gasteiger partial charge is 0.378 e. The van der Waals surface area contributed by atoms with E-state index in [-0.39, 0.29) is 29.4 Å². The maximum absolute atomic E-state index is 12.5. The van der Waals surface area contributed by atoms with Gasteiger partial charge in [0.25, 0.3) is 0 Å². The zero-order chi connectivity index (χ0) is 19.4. The van der Waals surface area contributed by atoms with Crippen molar-refractivity contribution in [2.24, 2.45) is 0 Å². The first-order valence-corrected chi connectivity index (χ1v) is 11.9. The number of ether oxygens (including phenoxy) is 1. The van der Waals surface area contributed by atoms with Crippen molar-refractivity contribution in [1.82, 2.24) is 14.5 Å². The summed E-state index contributed by atoms with van der Waals surface area (Å²) in [6.45, 7) is 2.41. The number of allylic oxidation sites excluding steroid dienone is 1. The van der Waals surface area contributed by atoms with Gasteiger partial charge in [-0.15, -0.1) is 11.8 Å². The predicted molar refractivity (Wildman–Crippen MR) is 104 cm³/mol. The van der Waals surface area contributed by atoms with E-state index >= 15 is 0 Å². The van der Waals surface area contributed by atoms with E-state index in [1.807, 2.05) is 6.08 Å². The van der Waals surface area contributed by atoms with Crippen molar-refractivity contribution in [3.8, 4) is 0 Å². The average Bonchev–Trinajstić information content (AvgIpc) is 3.21. The number of morpholine rings is 1. The fraction of sp³-hybridized carbons (Fsp3) is 0.750. The number of sulfonamides is 1. The summed E-state index contributed by atoms with van der Waals surface area (Å²) < 4.78 is 33.1. The molecule has 8 nitrogen and oxygen atoms in total.